The molecule has 2 aliphatic heterocycles. The zero-order valence-electron chi connectivity index (χ0n) is 15.0. The number of fused-ring (bicyclic) bond motifs is 1. The van der Waals surface area contributed by atoms with Crippen LogP contribution in [0.25, 0.3) is 11.0 Å². The highest BCUT2D eigenvalue weighted by molar-refractivity contribution is 5.78. The van der Waals surface area contributed by atoms with Crippen molar-refractivity contribution in [3.05, 3.63) is 30.6 Å². The van der Waals surface area contributed by atoms with Crippen LogP contribution < -0.4 is 0 Å². The third-order valence-electron chi connectivity index (χ3n) is 5.40. The molecule has 0 spiro atoms. The van der Waals surface area contributed by atoms with Crippen molar-refractivity contribution in [3.8, 4) is 0 Å². The van der Waals surface area contributed by atoms with E-state index >= 15 is 0 Å². The van der Waals surface area contributed by atoms with Crippen LogP contribution in [0.5, 0.6) is 0 Å². The monoisotopic (exact) mass is 358 g/mol. The molecule has 26 heavy (non-hydrogen) atoms. The lowest BCUT2D eigenvalue weighted by atomic mass is 10.0. The molecular weight excluding hydrogens is 332 g/mol. The topological polar surface area (TPSA) is 70.8 Å². The van der Waals surface area contributed by atoms with Crippen LogP contribution in [0.1, 0.15) is 12.8 Å². The molecule has 7 nitrogen and oxygen atoms in total. The number of morpholine rings is 1. The van der Waals surface area contributed by atoms with Gasteiger partial charge in [0, 0.05) is 39.1 Å². The van der Waals surface area contributed by atoms with Crippen molar-refractivity contribution < 1.29 is 14.6 Å². The molecule has 140 valence electrons. The van der Waals surface area contributed by atoms with Gasteiger partial charge in [0.05, 0.1) is 42.7 Å². The number of aryl methyl sites for hydroxylation is 1. The van der Waals surface area contributed by atoms with Gasteiger partial charge < -0.3 is 19.3 Å². The molecule has 2 aliphatic rings. The number of hydrogen-bond donors (Lipinski definition) is 1. The minimum atomic E-state index is -0.797. The highest BCUT2D eigenvalue weighted by atomic mass is 16.5. The van der Waals surface area contributed by atoms with Gasteiger partial charge in [0.2, 0.25) is 5.91 Å². The van der Waals surface area contributed by atoms with Gasteiger partial charge in [0.1, 0.15) is 0 Å². The minimum absolute atomic E-state index is 0.0979. The van der Waals surface area contributed by atoms with Crippen LogP contribution >= 0.6 is 0 Å². The lowest BCUT2D eigenvalue weighted by molar-refractivity contribution is -0.131. The first-order chi connectivity index (χ1) is 12.6. The van der Waals surface area contributed by atoms with Crippen LogP contribution in [0.4, 0.5) is 0 Å². The summed E-state index contributed by atoms with van der Waals surface area (Å²) in [6.07, 6.45) is 2.86. The average Bonchev–Trinajstić information content (AvgIpc) is 3.24. The highest BCUT2D eigenvalue weighted by Crippen LogP contribution is 2.24. The lowest BCUT2D eigenvalue weighted by Gasteiger charge is -2.33. The average molecular weight is 358 g/mol. The number of β-amino-alcohol motifs (C(OH)–C–C–N with tert-alkyl or cyclic N) is 1. The second-order valence-electron chi connectivity index (χ2n) is 7.35. The Morgan fingerprint density at radius 2 is 2.04 bits per heavy atom. The summed E-state index contributed by atoms with van der Waals surface area (Å²) in [5.74, 6) is 0.0979. The first kappa shape index (κ1) is 17.5. The second kappa shape index (κ2) is 7.34. The van der Waals surface area contributed by atoms with E-state index in [1.165, 1.54) is 0 Å². The maximum atomic E-state index is 12.6. The summed E-state index contributed by atoms with van der Waals surface area (Å²) in [6, 6.07) is 7.93. The Morgan fingerprint density at radius 1 is 1.23 bits per heavy atom. The van der Waals surface area contributed by atoms with Gasteiger partial charge in [0.15, 0.2) is 0 Å². The van der Waals surface area contributed by atoms with Gasteiger partial charge in [0.25, 0.3) is 0 Å². The van der Waals surface area contributed by atoms with Crippen LogP contribution in [-0.2, 0) is 16.1 Å². The van der Waals surface area contributed by atoms with Crippen molar-refractivity contribution in [1.82, 2.24) is 19.4 Å². The summed E-state index contributed by atoms with van der Waals surface area (Å²) < 4.78 is 7.38. The Kier molecular flexibility index (Phi) is 4.93. The van der Waals surface area contributed by atoms with Crippen molar-refractivity contribution in [1.29, 1.82) is 0 Å². The molecule has 2 saturated heterocycles. The molecule has 4 rings (SSSR count). The van der Waals surface area contributed by atoms with Gasteiger partial charge in [-0.15, -0.1) is 0 Å². The molecule has 1 aromatic heterocycles. The quantitative estimate of drug-likeness (QED) is 0.853. The zero-order valence-corrected chi connectivity index (χ0v) is 15.0. The molecule has 2 fully saturated rings. The molecule has 7 heteroatoms. The van der Waals surface area contributed by atoms with Crippen molar-refractivity contribution >= 4 is 16.9 Å². The van der Waals surface area contributed by atoms with Gasteiger partial charge in [-0.3, -0.25) is 9.69 Å². The predicted octanol–water partition coefficient (Wildman–Crippen LogP) is 0.722. The second-order valence-corrected chi connectivity index (χ2v) is 7.35. The summed E-state index contributed by atoms with van der Waals surface area (Å²) >= 11 is 0. The normalized spacial score (nSPS) is 24.4. The van der Waals surface area contributed by atoms with E-state index in [0.29, 0.717) is 39.0 Å². The molecule has 1 N–H and O–H groups in total. The Morgan fingerprint density at radius 3 is 2.88 bits per heavy atom. The molecule has 1 amide bonds. The third kappa shape index (κ3) is 3.75. The number of ether oxygens (including phenoxy) is 1. The minimum Gasteiger partial charge on any atom is -0.387 e. The van der Waals surface area contributed by atoms with E-state index in [1.807, 2.05) is 28.8 Å². The number of amides is 1. The van der Waals surface area contributed by atoms with E-state index in [0.717, 1.165) is 37.3 Å². The molecule has 1 aromatic carbocycles. The number of rotatable bonds is 5. The highest BCUT2D eigenvalue weighted by Gasteiger charge is 2.39. The van der Waals surface area contributed by atoms with Crippen molar-refractivity contribution in [2.24, 2.45) is 0 Å². The van der Waals surface area contributed by atoms with Gasteiger partial charge >= 0.3 is 0 Å². The number of nitrogens with zero attached hydrogens (tertiary/aromatic N) is 4. The van der Waals surface area contributed by atoms with Crippen molar-refractivity contribution in [2.45, 2.75) is 25.0 Å². The number of para-hydroxylation sites is 2. The first-order valence-corrected chi connectivity index (χ1v) is 9.33. The lowest BCUT2D eigenvalue weighted by Crippen LogP contribution is -2.49. The van der Waals surface area contributed by atoms with Crippen LogP contribution in [0.15, 0.2) is 30.6 Å². The molecule has 0 bridgehead atoms. The maximum absolute atomic E-state index is 12.6. The predicted molar refractivity (Wildman–Crippen MR) is 97.8 cm³/mol. The molecule has 3 heterocycles. The summed E-state index contributed by atoms with van der Waals surface area (Å²) in [7, 11) is 0. The number of carbonyl (C=O) groups is 1. The fraction of sp³-hybridized carbons (Fsp3) is 0.579. The standard InChI is InChI=1S/C19H26N4O3/c24-18(5-7-23-15-20-16-3-1-2-4-17(16)23)22-8-6-19(25,14-22)13-21-9-11-26-12-10-21/h1-4,15,25H,5-14H2/t19-/m0/s1. The molecule has 2 aromatic rings. The van der Waals surface area contributed by atoms with E-state index in [1.54, 1.807) is 11.2 Å². The Labute approximate surface area is 153 Å². The van der Waals surface area contributed by atoms with Crippen LogP contribution in [0.3, 0.4) is 0 Å². The SMILES string of the molecule is O=C(CCn1cnc2ccccc21)N1CC[C@](O)(CN2CCOCC2)C1. The number of benzene rings is 1. The van der Waals surface area contributed by atoms with Gasteiger partial charge in [-0.1, -0.05) is 12.1 Å². The Bertz CT molecular complexity index is 771. The van der Waals surface area contributed by atoms with Crippen molar-refractivity contribution in [3.63, 3.8) is 0 Å². The Balaban J connectivity index is 1.31. The van der Waals surface area contributed by atoms with E-state index in [2.05, 4.69) is 9.88 Å². The third-order valence-corrected chi connectivity index (χ3v) is 5.40. The number of likely N-dealkylation sites (tertiary alicyclic amines) is 1. The maximum Gasteiger partial charge on any atom is 0.224 e. The van der Waals surface area contributed by atoms with Crippen LogP contribution in [0.2, 0.25) is 0 Å². The molecule has 0 saturated carbocycles. The molecule has 0 aliphatic carbocycles. The largest absolute Gasteiger partial charge is 0.387 e. The summed E-state index contributed by atoms with van der Waals surface area (Å²) in [6.45, 7) is 5.42. The van der Waals surface area contributed by atoms with Crippen LogP contribution in [-0.4, -0.2) is 81.9 Å². The first-order valence-electron chi connectivity index (χ1n) is 9.33. The van der Waals surface area contributed by atoms with Crippen molar-refractivity contribution in [2.75, 3.05) is 45.9 Å². The zero-order chi connectivity index (χ0) is 18.0. The number of carbonyl (C=O) groups excluding carboxylic acids is 1. The van der Waals surface area contributed by atoms with E-state index in [9.17, 15) is 9.90 Å². The molecule has 0 unspecified atom stereocenters. The van der Waals surface area contributed by atoms with E-state index in [-0.39, 0.29) is 5.91 Å². The number of aliphatic hydroxyl groups is 1. The number of hydrogen-bond acceptors (Lipinski definition) is 5. The van der Waals surface area contributed by atoms with E-state index in [4.69, 9.17) is 4.74 Å². The smallest absolute Gasteiger partial charge is 0.224 e. The number of imidazole rings is 1. The van der Waals surface area contributed by atoms with Gasteiger partial charge in [-0.2, -0.15) is 0 Å². The van der Waals surface area contributed by atoms with E-state index < -0.39 is 5.60 Å². The molecule has 1 atom stereocenters. The van der Waals surface area contributed by atoms with Gasteiger partial charge in [-0.25, -0.2) is 4.98 Å². The Hall–Kier alpha value is -1.96. The molecule has 0 radical (unpaired) electrons. The fourth-order valence-electron chi connectivity index (χ4n) is 3.94. The van der Waals surface area contributed by atoms with Crippen LogP contribution in [0, 0.1) is 0 Å². The fourth-order valence-corrected chi connectivity index (χ4v) is 3.94. The summed E-state index contributed by atoms with van der Waals surface area (Å²) in [5.41, 5.74) is 1.20. The number of aromatic nitrogens is 2. The summed E-state index contributed by atoms with van der Waals surface area (Å²) in [4.78, 5) is 21.0. The van der Waals surface area contributed by atoms with Gasteiger partial charge in [-0.05, 0) is 18.6 Å². The molecular formula is C19H26N4O3. The summed E-state index contributed by atoms with van der Waals surface area (Å²) in [5, 5.41) is 10.9.